The number of nitrogens with two attached hydrogens (primary N) is 1. The van der Waals surface area contributed by atoms with E-state index in [1.54, 1.807) is 7.11 Å². The molecule has 2 atom stereocenters. The van der Waals surface area contributed by atoms with Crippen LogP contribution in [0.3, 0.4) is 0 Å². The van der Waals surface area contributed by atoms with Gasteiger partial charge in [0, 0.05) is 6.61 Å². The number of ether oxygens (including phenoxy) is 2. The van der Waals surface area contributed by atoms with Crippen molar-refractivity contribution in [3.8, 4) is 5.75 Å². The maximum absolute atomic E-state index is 6.32. The average Bonchev–Trinajstić information content (AvgIpc) is 2.41. The molecule has 2 unspecified atom stereocenters. The molecule has 0 aromatic heterocycles. The lowest BCUT2D eigenvalue weighted by Crippen LogP contribution is -2.34. The zero-order valence-electron chi connectivity index (χ0n) is 11.3. The van der Waals surface area contributed by atoms with Gasteiger partial charge in [0.25, 0.3) is 0 Å². The van der Waals surface area contributed by atoms with Crippen LogP contribution in [0.1, 0.15) is 43.4 Å². The maximum Gasteiger partial charge on any atom is 0.119 e. The lowest BCUT2D eigenvalue weighted by Gasteiger charge is -2.31. The quantitative estimate of drug-likeness (QED) is 0.816. The molecule has 1 aliphatic rings. The normalized spacial score (nSPS) is 22.6. The van der Waals surface area contributed by atoms with Crippen molar-refractivity contribution < 1.29 is 9.47 Å². The number of rotatable bonds is 5. The molecule has 0 amide bonds. The number of aryl methyl sites for hydroxylation is 1. The van der Waals surface area contributed by atoms with Gasteiger partial charge >= 0.3 is 0 Å². The maximum atomic E-state index is 6.32. The smallest absolute Gasteiger partial charge is 0.119 e. The van der Waals surface area contributed by atoms with Gasteiger partial charge in [0.1, 0.15) is 5.75 Å². The third kappa shape index (κ3) is 2.85. The second-order valence-corrected chi connectivity index (χ2v) is 4.89. The highest BCUT2D eigenvalue weighted by Crippen LogP contribution is 2.32. The number of unbranched alkanes of at least 4 members (excludes halogenated alkanes) is 1. The predicted molar refractivity (Wildman–Crippen MR) is 72.9 cm³/mol. The minimum absolute atomic E-state index is 0.0271. The van der Waals surface area contributed by atoms with Crippen molar-refractivity contribution in [2.45, 2.75) is 44.8 Å². The van der Waals surface area contributed by atoms with Crippen molar-refractivity contribution in [2.75, 3.05) is 13.7 Å². The van der Waals surface area contributed by atoms with Crippen LogP contribution >= 0.6 is 0 Å². The highest BCUT2D eigenvalue weighted by atomic mass is 16.5. The van der Waals surface area contributed by atoms with Crippen LogP contribution in [0.5, 0.6) is 5.75 Å². The molecular formula is C15H23NO2. The van der Waals surface area contributed by atoms with Crippen LogP contribution < -0.4 is 10.5 Å². The summed E-state index contributed by atoms with van der Waals surface area (Å²) in [5, 5.41) is 0. The fourth-order valence-electron chi connectivity index (χ4n) is 2.48. The van der Waals surface area contributed by atoms with E-state index < -0.39 is 0 Å². The van der Waals surface area contributed by atoms with Crippen LogP contribution in [0.25, 0.3) is 0 Å². The van der Waals surface area contributed by atoms with E-state index in [0.29, 0.717) is 0 Å². The summed E-state index contributed by atoms with van der Waals surface area (Å²) in [7, 11) is 1.69. The van der Waals surface area contributed by atoms with Crippen LogP contribution in [-0.2, 0) is 11.2 Å². The summed E-state index contributed by atoms with van der Waals surface area (Å²) in [6, 6.07) is 6.15. The molecule has 0 saturated heterocycles. The summed E-state index contributed by atoms with van der Waals surface area (Å²) >= 11 is 0. The molecule has 100 valence electrons. The third-order valence-electron chi connectivity index (χ3n) is 3.64. The second-order valence-electron chi connectivity index (χ2n) is 4.89. The van der Waals surface area contributed by atoms with Crippen molar-refractivity contribution in [3.63, 3.8) is 0 Å². The van der Waals surface area contributed by atoms with Crippen LogP contribution in [0.2, 0.25) is 0 Å². The molecule has 1 aromatic rings. The van der Waals surface area contributed by atoms with Crippen LogP contribution in [0.15, 0.2) is 18.2 Å². The van der Waals surface area contributed by atoms with Crippen molar-refractivity contribution in [3.05, 3.63) is 29.3 Å². The molecule has 1 aliphatic carbocycles. The van der Waals surface area contributed by atoms with Crippen LogP contribution in [0.4, 0.5) is 0 Å². The van der Waals surface area contributed by atoms with E-state index in [4.69, 9.17) is 15.2 Å². The van der Waals surface area contributed by atoms with Gasteiger partial charge < -0.3 is 15.2 Å². The Morgan fingerprint density at radius 1 is 1.39 bits per heavy atom. The van der Waals surface area contributed by atoms with E-state index >= 15 is 0 Å². The first-order valence-electron chi connectivity index (χ1n) is 6.80. The van der Waals surface area contributed by atoms with Gasteiger partial charge in [-0.15, -0.1) is 0 Å². The Morgan fingerprint density at radius 3 is 2.94 bits per heavy atom. The van der Waals surface area contributed by atoms with E-state index in [0.717, 1.165) is 38.0 Å². The molecule has 0 heterocycles. The SMILES string of the molecule is CCCCOC1CCc2ccc(OC)cc2C1N. The Balaban J connectivity index is 2.08. The predicted octanol–water partition coefficient (Wildman–Crippen LogP) is 2.83. The Labute approximate surface area is 109 Å². The summed E-state index contributed by atoms with van der Waals surface area (Å²) in [5.74, 6) is 0.874. The third-order valence-corrected chi connectivity index (χ3v) is 3.64. The minimum atomic E-state index is -0.0271. The van der Waals surface area contributed by atoms with Crippen molar-refractivity contribution in [1.29, 1.82) is 0 Å². The standard InChI is InChI=1S/C15H23NO2/c1-3-4-9-18-14-8-6-11-5-7-12(17-2)10-13(11)15(14)16/h5,7,10,14-15H,3-4,6,8-9,16H2,1-2H3. The molecule has 0 fully saturated rings. The molecule has 0 spiro atoms. The largest absolute Gasteiger partial charge is 0.497 e. The molecule has 0 radical (unpaired) electrons. The van der Waals surface area contributed by atoms with Crippen LogP contribution in [0, 0.1) is 0 Å². The molecule has 2 N–H and O–H groups in total. The molecule has 2 rings (SSSR count). The number of hydrogen-bond acceptors (Lipinski definition) is 3. The van der Waals surface area contributed by atoms with Crippen LogP contribution in [-0.4, -0.2) is 19.8 Å². The summed E-state index contributed by atoms with van der Waals surface area (Å²) < 4.78 is 11.2. The molecule has 1 aromatic carbocycles. The highest BCUT2D eigenvalue weighted by molar-refractivity contribution is 5.39. The topological polar surface area (TPSA) is 44.5 Å². The Hall–Kier alpha value is -1.06. The minimum Gasteiger partial charge on any atom is -0.497 e. The number of fused-ring (bicyclic) bond motifs is 1. The number of benzene rings is 1. The summed E-state index contributed by atoms with van der Waals surface area (Å²) in [5.41, 5.74) is 8.83. The lowest BCUT2D eigenvalue weighted by molar-refractivity contribution is 0.0236. The molecule has 3 heteroatoms. The Bertz CT molecular complexity index is 392. The number of hydrogen-bond donors (Lipinski definition) is 1. The van der Waals surface area contributed by atoms with Crippen molar-refractivity contribution >= 4 is 0 Å². The molecule has 0 saturated carbocycles. The highest BCUT2D eigenvalue weighted by Gasteiger charge is 2.27. The molecule has 0 aliphatic heterocycles. The summed E-state index contributed by atoms with van der Waals surface area (Å²) in [6.45, 7) is 2.98. The monoisotopic (exact) mass is 249 g/mol. The van der Waals surface area contributed by atoms with Gasteiger partial charge in [-0.2, -0.15) is 0 Å². The summed E-state index contributed by atoms with van der Waals surface area (Å²) in [6.07, 6.45) is 4.48. The summed E-state index contributed by atoms with van der Waals surface area (Å²) in [4.78, 5) is 0. The molecule has 0 bridgehead atoms. The fourth-order valence-corrected chi connectivity index (χ4v) is 2.48. The van der Waals surface area contributed by atoms with E-state index in [-0.39, 0.29) is 12.1 Å². The van der Waals surface area contributed by atoms with Gasteiger partial charge in [0.2, 0.25) is 0 Å². The van der Waals surface area contributed by atoms with E-state index in [1.165, 1.54) is 11.1 Å². The van der Waals surface area contributed by atoms with E-state index in [2.05, 4.69) is 19.1 Å². The second kappa shape index (κ2) is 6.21. The van der Waals surface area contributed by atoms with Gasteiger partial charge in [-0.05, 0) is 42.5 Å². The Morgan fingerprint density at radius 2 is 2.22 bits per heavy atom. The molecule has 18 heavy (non-hydrogen) atoms. The van der Waals surface area contributed by atoms with Gasteiger partial charge in [-0.1, -0.05) is 19.4 Å². The molecule has 3 nitrogen and oxygen atoms in total. The zero-order chi connectivity index (χ0) is 13.0. The van der Waals surface area contributed by atoms with Gasteiger partial charge in [-0.25, -0.2) is 0 Å². The first-order chi connectivity index (χ1) is 8.76. The van der Waals surface area contributed by atoms with Gasteiger partial charge in [0.05, 0.1) is 19.3 Å². The fraction of sp³-hybridized carbons (Fsp3) is 0.600. The first-order valence-corrected chi connectivity index (χ1v) is 6.80. The Kier molecular flexibility index (Phi) is 4.61. The molecular weight excluding hydrogens is 226 g/mol. The lowest BCUT2D eigenvalue weighted by atomic mass is 9.86. The van der Waals surface area contributed by atoms with Crippen molar-refractivity contribution in [2.24, 2.45) is 5.73 Å². The first kappa shape index (κ1) is 13.4. The van der Waals surface area contributed by atoms with Crippen molar-refractivity contribution in [1.82, 2.24) is 0 Å². The number of methoxy groups -OCH3 is 1. The van der Waals surface area contributed by atoms with Gasteiger partial charge in [-0.3, -0.25) is 0 Å². The average molecular weight is 249 g/mol. The van der Waals surface area contributed by atoms with E-state index in [9.17, 15) is 0 Å². The van der Waals surface area contributed by atoms with E-state index in [1.807, 2.05) is 6.07 Å². The van der Waals surface area contributed by atoms with Gasteiger partial charge in [0.15, 0.2) is 0 Å². The zero-order valence-corrected chi connectivity index (χ0v) is 11.3.